The topological polar surface area (TPSA) is 20.2 Å². The molecule has 0 amide bonds. The summed E-state index contributed by atoms with van der Waals surface area (Å²) in [5.74, 6) is 0. The Bertz CT molecular complexity index is 15.5. The molecule has 0 saturated heterocycles. The van der Waals surface area contributed by atoms with Crippen LogP contribution in [0.25, 0.3) is 0 Å². The van der Waals surface area contributed by atoms with Crippen molar-refractivity contribution in [3.8, 4) is 0 Å². The molecule has 0 aromatic heterocycles. The van der Waals surface area contributed by atoms with Gasteiger partial charge < -0.3 is 17.5 Å². The molecule has 0 aromatic carbocycles. The van der Waals surface area contributed by atoms with Crippen molar-refractivity contribution in [1.29, 1.82) is 0 Å². The van der Waals surface area contributed by atoms with Crippen molar-refractivity contribution in [2.45, 2.75) is 20.0 Å². The van der Waals surface area contributed by atoms with Crippen molar-refractivity contribution < 1.29 is 37.0 Å². The van der Waals surface area contributed by atoms with Gasteiger partial charge >= 0.3 is 0 Å². The molecule has 0 saturated carbocycles. The predicted octanol–water partition coefficient (Wildman–Crippen LogP) is -2.61. The standard InChI is InChI=1S/C3H8O.ClH.Zn/c1-3(2)4;;/h3-4H,1-2H3;1H;/p-1. The van der Waals surface area contributed by atoms with Crippen molar-refractivity contribution in [2.75, 3.05) is 0 Å². The first-order chi connectivity index (χ1) is 1.73. The summed E-state index contributed by atoms with van der Waals surface area (Å²) in [6, 6.07) is 0. The molecular formula is C3H8ClOZn-. The first-order valence-corrected chi connectivity index (χ1v) is 1.41. The number of hydrogen-bond acceptors (Lipinski definition) is 1. The van der Waals surface area contributed by atoms with Crippen LogP contribution in [0.1, 0.15) is 13.8 Å². The maximum Gasteiger partial charge on any atom is 0.0483 e. The van der Waals surface area contributed by atoms with E-state index in [9.17, 15) is 0 Å². The average Bonchev–Trinajstić information content (AvgIpc) is 0.811. The summed E-state index contributed by atoms with van der Waals surface area (Å²) in [6.07, 6.45) is -0.167. The van der Waals surface area contributed by atoms with Crippen LogP contribution in [-0.4, -0.2) is 11.2 Å². The van der Waals surface area contributed by atoms with E-state index in [2.05, 4.69) is 0 Å². The Kier molecular flexibility index (Phi) is 24.5. The molecule has 0 fully saturated rings. The second-order valence-electron chi connectivity index (χ2n) is 1.09. The van der Waals surface area contributed by atoms with Gasteiger partial charge in [-0.05, 0) is 13.8 Å². The summed E-state index contributed by atoms with van der Waals surface area (Å²) in [5.41, 5.74) is 0. The molecule has 0 aromatic rings. The van der Waals surface area contributed by atoms with Crippen LogP contribution in [0.5, 0.6) is 0 Å². The zero-order chi connectivity index (χ0) is 3.58. The minimum atomic E-state index is -0.167. The Morgan fingerprint density at radius 1 is 1.33 bits per heavy atom. The van der Waals surface area contributed by atoms with Crippen LogP contribution < -0.4 is 12.4 Å². The van der Waals surface area contributed by atoms with E-state index in [0.717, 1.165) is 0 Å². The van der Waals surface area contributed by atoms with E-state index < -0.39 is 0 Å². The fraction of sp³-hybridized carbons (Fsp3) is 1.00. The Morgan fingerprint density at radius 3 is 1.33 bits per heavy atom. The normalized spacial score (nSPS) is 6.00. The van der Waals surface area contributed by atoms with Crippen LogP contribution in [0.4, 0.5) is 0 Å². The van der Waals surface area contributed by atoms with Crippen molar-refractivity contribution in [1.82, 2.24) is 0 Å². The fourth-order valence-corrected chi connectivity index (χ4v) is 0. The number of halogens is 1. The minimum Gasteiger partial charge on any atom is -1.00 e. The van der Waals surface area contributed by atoms with Gasteiger partial charge in [-0.2, -0.15) is 0 Å². The van der Waals surface area contributed by atoms with Crippen LogP contribution in [0.15, 0.2) is 0 Å². The molecule has 0 heterocycles. The van der Waals surface area contributed by atoms with Crippen LogP contribution in [0.2, 0.25) is 0 Å². The SMILES string of the molecule is CC(C)O.[Cl-].[Zn]. The summed E-state index contributed by atoms with van der Waals surface area (Å²) >= 11 is 0. The summed E-state index contributed by atoms with van der Waals surface area (Å²) < 4.78 is 0. The molecule has 0 atom stereocenters. The first-order valence-electron chi connectivity index (χ1n) is 1.41. The van der Waals surface area contributed by atoms with E-state index >= 15 is 0 Å². The molecule has 36 valence electrons. The molecule has 1 nitrogen and oxygen atoms in total. The van der Waals surface area contributed by atoms with Crippen molar-refractivity contribution in [3.63, 3.8) is 0 Å². The molecule has 6 heavy (non-hydrogen) atoms. The third-order valence-corrected chi connectivity index (χ3v) is 0. The average molecular weight is 161 g/mol. The molecule has 0 spiro atoms. The van der Waals surface area contributed by atoms with E-state index in [4.69, 9.17) is 5.11 Å². The van der Waals surface area contributed by atoms with Gasteiger partial charge in [0.05, 0.1) is 0 Å². The monoisotopic (exact) mass is 159 g/mol. The van der Waals surface area contributed by atoms with E-state index in [1.54, 1.807) is 13.8 Å². The van der Waals surface area contributed by atoms with E-state index in [-0.39, 0.29) is 38.0 Å². The van der Waals surface area contributed by atoms with Gasteiger partial charge in [-0.1, -0.05) is 0 Å². The summed E-state index contributed by atoms with van der Waals surface area (Å²) in [5, 5.41) is 8.06. The van der Waals surface area contributed by atoms with Gasteiger partial charge in [0.25, 0.3) is 0 Å². The zero-order valence-electron chi connectivity index (χ0n) is 4.11. The van der Waals surface area contributed by atoms with Crippen molar-refractivity contribution >= 4 is 0 Å². The van der Waals surface area contributed by atoms with Gasteiger partial charge in [0.15, 0.2) is 0 Å². The summed E-state index contributed by atoms with van der Waals surface area (Å²) in [4.78, 5) is 0. The quantitative estimate of drug-likeness (QED) is 0.386. The summed E-state index contributed by atoms with van der Waals surface area (Å²) in [6.45, 7) is 3.44. The molecule has 0 radical (unpaired) electrons. The van der Waals surface area contributed by atoms with Crippen molar-refractivity contribution in [2.24, 2.45) is 0 Å². The molecule has 0 aliphatic rings. The van der Waals surface area contributed by atoms with Gasteiger partial charge in [0.1, 0.15) is 0 Å². The smallest absolute Gasteiger partial charge is 0.0483 e. The van der Waals surface area contributed by atoms with Gasteiger partial charge in [0.2, 0.25) is 0 Å². The van der Waals surface area contributed by atoms with Gasteiger partial charge in [-0.3, -0.25) is 0 Å². The first kappa shape index (κ1) is 15.8. The second kappa shape index (κ2) is 9.30. The Balaban J connectivity index is -0.0000000450. The van der Waals surface area contributed by atoms with E-state index in [0.29, 0.717) is 0 Å². The molecule has 0 rings (SSSR count). The van der Waals surface area contributed by atoms with Crippen LogP contribution >= 0.6 is 0 Å². The van der Waals surface area contributed by atoms with E-state index in [1.165, 1.54) is 0 Å². The largest absolute Gasteiger partial charge is 1.00 e. The van der Waals surface area contributed by atoms with Gasteiger partial charge in [-0.25, -0.2) is 0 Å². The zero-order valence-corrected chi connectivity index (χ0v) is 7.83. The molecule has 0 aliphatic heterocycles. The second-order valence-corrected chi connectivity index (χ2v) is 1.09. The minimum absolute atomic E-state index is 0. The third kappa shape index (κ3) is 95.9. The van der Waals surface area contributed by atoms with Crippen molar-refractivity contribution in [3.05, 3.63) is 0 Å². The number of rotatable bonds is 0. The van der Waals surface area contributed by atoms with Crippen LogP contribution in [0, 0.1) is 0 Å². The summed E-state index contributed by atoms with van der Waals surface area (Å²) in [7, 11) is 0. The Morgan fingerprint density at radius 2 is 1.33 bits per heavy atom. The van der Waals surface area contributed by atoms with E-state index in [1.807, 2.05) is 0 Å². The maximum absolute atomic E-state index is 8.06. The van der Waals surface area contributed by atoms with Crippen LogP contribution in [-0.2, 0) is 19.5 Å². The molecule has 0 bridgehead atoms. The maximum atomic E-state index is 8.06. The molecule has 0 aliphatic carbocycles. The van der Waals surface area contributed by atoms with Gasteiger partial charge in [-0.15, -0.1) is 0 Å². The molecular weight excluding hydrogens is 153 g/mol. The molecule has 3 heteroatoms. The Labute approximate surface area is 57.3 Å². The van der Waals surface area contributed by atoms with Gasteiger partial charge in [0, 0.05) is 25.6 Å². The van der Waals surface area contributed by atoms with Crippen LogP contribution in [0.3, 0.4) is 0 Å². The Hall–Kier alpha value is 0.873. The predicted molar refractivity (Wildman–Crippen MR) is 17.4 cm³/mol. The number of aliphatic hydroxyl groups excluding tert-OH is 1. The number of aliphatic hydroxyl groups is 1. The fourth-order valence-electron chi connectivity index (χ4n) is 0. The molecule has 0 unspecified atom stereocenters. The molecule has 1 N–H and O–H groups in total. The number of hydrogen-bond donors (Lipinski definition) is 1. The third-order valence-electron chi connectivity index (χ3n) is 0.